The molecule has 0 saturated carbocycles. The van der Waals surface area contributed by atoms with E-state index in [9.17, 15) is 18.7 Å². The Morgan fingerprint density at radius 2 is 1.88 bits per heavy atom. The molecule has 0 saturated heterocycles. The van der Waals surface area contributed by atoms with Crippen molar-refractivity contribution in [2.24, 2.45) is 5.92 Å². The van der Waals surface area contributed by atoms with Crippen molar-refractivity contribution in [3.8, 4) is 0 Å². The maximum absolute atomic E-state index is 14.2. The fourth-order valence-corrected chi connectivity index (χ4v) is 2.63. The van der Waals surface area contributed by atoms with Gasteiger partial charge in [0.15, 0.2) is 0 Å². The van der Waals surface area contributed by atoms with Gasteiger partial charge in [-0.3, -0.25) is 4.79 Å². The van der Waals surface area contributed by atoms with Crippen LogP contribution in [0.25, 0.3) is 0 Å². The number of carbonyl (C=O) groups excluding carboxylic acids is 1. The number of carbonyl (C=O) groups is 1. The number of anilines is 1. The lowest BCUT2D eigenvalue weighted by molar-refractivity contribution is 0.0976. The average Bonchev–Trinajstić information content (AvgIpc) is 2.59. The minimum atomic E-state index is -0.799. The first-order valence-corrected chi connectivity index (χ1v) is 7.99. The fraction of sp³-hybridized carbons (Fsp3) is 0.316. The van der Waals surface area contributed by atoms with Crippen molar-refractivity contribution < 1.29 is 18.7 Å². The largest absolute Gasteiger partial charge is 0.396 e. The van der Waals surface area contributed by atoms with Crippen LogP contribution in [0.5, 0.6) is 0 Å². The van der Waals surface area contributed by atoms with E-state index in [0.717, 1.165) is 18.6 Å². The smallest absolute Gasteiger partial charge is 0.258 e. The van der Waals surface area contributed by atoms with E-state index < -0.39 is 11.6 Å². The van der Waals surface area contributed by atoms with Gasteiger partial charge in [-0.15, -0.1) is 0 Å². The summed E-state index contributed by atoms with van der Waals surface area (Å²) < 4.78 is 27.4. The standard InChI is InChI=1S/C19H21F2NO2/c1-2-6-14(13-23)12-22(18-10-9-16(20)11-17(18)21)19(24)15-7-4-3-5-8-15/h3-5,7-11,14,23H,2,6,12-13H2,1H3. The van der Waals surface area contributed by atoms with E-state index in [1.807, 2.05) is 6.92 Å². The molecule has 24 heavy (non-hydrogen) atoms. The van der Waals surface area contributed by atoms with Gasteiger partial charge in [0.25, 0.3) is 5.91 Å². The average molecular weight is 333 g/mol. The van der Waals surface area contributed by atoms with Crippen molar-refractivity contribution in [2.75, 3.05) is 18.1 Å². The molecule has 0 bridgehead atoms. The number of hydrogen-bond donors (Lipinski definition) is 1. The van der Waals surface area contributed by atoms with E-state index in [1.54, 1.807) is 30.3 Å². The first kappa shape index (κ1) is 18.1. The number of rotatable bonds is 7. The third-order valence-electron chi connectivity index (χ3n) is 3.86. The molecule has 2 aromatic rings. The highest BCUT2D eigenvalue weighted by atomic mass is 19.1. The molecule has 5 heteroatoms. The third kappa shape index (κ3) is 4.38. The monoisotopic (exact) mass is 333 g/mol. The van der Waals surface area contributed by atoms with Gasteiger partial charge in [-0.2, -0.15) is 0 Å². The van der Waals surface area contributed by atoms with Gasteiger partial charge >= 0.3 is 0 Å². The normalized spacial score (nSPS) is 12.0. The predicted octanol–water partition coefficient (Wildman–Crippen LogP) is 4.02. The zero-order chi connectivity index (χ0) is 17.5. The minimum Gasteiger partial charge on any atom is -0.396 e. The third-order valence-corrected chi connectivity index (χ3v) is 3.86. The molecule has 1 atom stereocenters. The molecule has 0 radical (unpaired) electrons. The topological polar surface area (TPSA) is 40.5 Å². The summed E-state index contributed by atoms with van der Waals surface area (Å²) in [4.78, 5) is 14.1. The van der Waals surface area contributed by atoms with Crippen LogP contribution in [0.4, 0.5) is 14.5 Å². The predicted molar refractivity (Wildman–Crippen MR) is 90.0 cm³/mol. The lowest BCUT2D eigenvalue weighted by Gasteiger charge is -2.27. The van der Waals surface area contributed by atoms with Crippen LogP contribution >= 0.6 is 0 Å². The maximum atomic E-state index is 14.2. The molecule has 1 N–H and O–H groups in total. The number of aliphatic hydroxyl groups excluding tert-OH is 1. The molecule has 0 heterocycles. The molecule has 1 amide bonds. The Bertz CT molecular complexity index is 676. The van der Waals surface area contributed by atoms with Crippen molar-refractivity contribution in [1.82, 2.24) is 0 Å². The van der Waals surface area contributed by atoms with Gasteiger partial charge in [-0.25, -0.2) is 8.78 Å². The number of nitrogens with zero attached hydrogens (tertiary/aromatic N) is 1. The van der Waals surface area contributed by atoms with Gasteiger partial charge in [0.05, 0.1) is 5.69 Å². The Balaban J connectivity index is 2.39. The number of halogens is 2. The molecule has 0 fully saturated rings. The van der Waals surface area contributed by atoms with E-state index >= 15 is 0 Å². The van der Waals surface area contributed by atoms with E-state index in [4.69, 9.17) is 0 Å². The van der Waals surface area contributed by atoms with Crippen LogP contribution in [-0.4, -0.2) is 24.2 Å². The molecule has 0 aliphatic heterocycles. The van der Waals surface area contributed by atoms with Crippen molar-refractivity contribution in [3.63, 3.8) is 0 Å². The highest BCUT2D eigenvalue weighted by molar-refractivity contribution is 6.06. The molecule has 0 aliphatic rings. The van der Waals surface area contributed by atoms with Gasteiger partial charge in [-0.05, 0) is 30.7 Å². The minimum absolute atomic E-state index is 0.0137. The zero-order valence-corrected chi connectivity index (χ0v) is 13.6. The van der Waals surface area contributed by atoms with Crippen LogP contribution in [-0.2, 0) is 0 Å². The quantitative estimate of drug-likeness (QED) is 0.831. The van der Waals surface area contributed by atoms with Crippen LogP contribution in [0.3, 0.4) is 0 Å². The second-order valence-corrected chi connectivity index (χ2v) is 5.71. The van der Waals surface area contributed by atoms with Crippen LogP contribution in [0.2, 0.25) is 0 Å². The number of benzene rings is 2. The SMILES string of the molecule is CCCC(CO)CN(C(=O)c1ccccc1)c1ccc(F)cc1F. The molecule has 0 spiro atoms. The van der Waals surface area contributed by atoms with Crippen molar-refractivity contribution >= 4 is 11.6 Å². The fourth-order valence-electron chi connectivity index (χ4n) is 2.63. The number of hydrogen-bond acceptors (Lipinski definition) is 2. The first-order chi connectivity index (χ1) is 11.6. The van der Waals surface area contributed by atoms with Crippen LogP contribution in [0.15, 0.2) is 48.5 Å². The number of aliphatic hydroxyl groups is 1. The second kappa shape index (κ2) is 8.55. The first-order valence-electron chi connectivity index (χ1n) is 7.99. The molecule has 2 rings (SSSR count). The number of amides is 1. The Hall–Kier alpha value is -2.27. The summed E-state index contributed by atoms with van der Waals surface area (Å²) in [5.74, 6) is -2.05. The maximum Gasteiger partial charge on any atom is 0.258 e. The Labute approximate surface area is 140 Å². The molecular formula is C19H21F2NO2. The lowest BCUT2D eigenvalue weighted by Crippen LogP contribution is -2.37. The summed E-state index contributed by atoms with van der Waals surface area (Å²) in [6, 6.07) is 11.7. The molecule has 3 nitrogen and oxygen atoms in total. The molecule has 1 unspecified atom stereocenters. The lowest BCUT2D eigenvalue weighted by atomic mass is 10.0. The molecular weight excluding hydrogens is 312 g/mol. The molecule has 0 aromatic heterocycles. The molecule has 0 aliphatic carbocycles. The van der Waals surface area contributed by atoms with Crippen LogP contribution in [0, 0.1) is 17.6 Å². The summed E-state index contributed by atoms with van der Waals surface area (Å²) in [7, 11) is 0. The summed E-state index contributed by atoms with van der Waals surface area (Å²) in [6.45, 7) is 2.04. The van der Waals surface area contributed by atoms with E-state index in [1.165, 1.54) is 11.0 Å². The highest BCUT2D eigenvalue weighted by Crippen LogP contribution is 2.24. The Kier molecular flexibility index (Phi) is 6.44. The van der Waals surface area contributed by atoms with E-state index in [2.05, 4.69) is 0 Å². The molecule has 128 valence electrons. The Morgan fingerprint density at radius 1 is 1.17 bits per heavy atom. The van der Waals surface area contributed by atoms with Crippen molar-refractivity contribution in [3.05, 3.63) is 65.7 Å². The van der Waals surface area contributed by atoms with Crippen LogP contribution < -0.4 is 4.90 Å². The van der Waals surface area contributed by atoms with E-state index in [0.29, 0.717) is 12.0 Å². The summed E-state index contributed by atoms with van der Waals surface area (Å²) in [6.07, 6.45) is 1.54. The highest BCUT2D eigenvalue weighted by Gasteiger charge is 2.24. The Morgan fingerprint density at radius 3 is 2.46 bits per heavy atom. The molecule has 2 aromatic carbocycles. The van der Waals surface area contributed by atoms with Crippen molar-refractivity contribution in [1.29, 1.82) is 0 Å². The van der Waals surface area contributed by atoms with Gasteiger partial charge in [0, 0.05) is 30.7 Å². The van der Waals surface area contributed by atoms with Gasteiger partial charge in [0.2, 0.25) is 0 Å². The van der Waals surface area contributed by atoms with Gasteiger partial charge < -0.3 is 10.0 Å². The van der Waals surface area contributed by atoms with Crippen molar-refractivity contribution in [2.45, 2.75) is 19.8 Å². The van der Waals surface area contributed by atoms with Crippen LogP contribution in [0.1, 0.15) is 30.1 Å². The zero-order valence-electron chi connectivity index (χ0n) is 13.6. The van der Waals surface area contributed by atoms with Gasteiger partial charge in [0.1, 0.15) is 11.6 Å². The summed E-state index contributed by atoms with van der Waals surface area (Å²) >= 11 is 0. The van der Waals surface area contributed by atoms with E-state index in [-0.39, 0.29) is 30.7 Å². The summed E-state index contributed by atoms with van der Waals surface area (Å²) in [5.41, 5.74) is 0.425. The second-order valence-electron chi connectivity index (χ2n) is 5.71. The summed E-state index contributed by atoms with van der Waals surface area (Å²) in [5, 5.41) is 9.53. The van der Waals surface area contributed by atoms with Gasteiger partial charge in [-0.1, -0.05) is 31.5 Å².